The number of para-hydroxylation sites is 1. The van der Waals surface area contributed by atoms with Crippen LogP contribution in [0.3, 0.4) is 0 Å². The van der Waals surface area contributed by atoms with Crippen LogP contribution in [0.1, 0.15) is 12.0 Å². The van der Waals surface area contributed by atoms with Crippen molar-refractivity contribution in [2.24, 2.45) is 0 Å². The van der Waals surface area contributed by atoms with Gasteiger partial charge in [0, 0.05) is 17.8 Å². The van der Waals surface area contributed by atoms with E-state index in [1.165, 1.54) is 22.5 Å². The van der Waals surface area contributed by atoms with Crippen LogP contribution in [0.2, 0.25) is 0 Å². The minimum Gasteiger partial charge on any atom is -0.310 e. The van der Waals surface area contributed by atoms with Crippen LogP contribution in [0.5, 0.6) is 0 Å². The first-order valence-corrected chi connectivity index (χ1v) is 8.13. The minimum atomic E-state index is -0.324. The van der Waals surface area contributed by atoms with Crippen molar-refractivity contribution < 1.29 is 9.18 Å². The van der Waals surface area contributed by atoms with Crippen LogP contribution < -0.4 is 4.90 Å². The van der Waals surface area contributed by atoms with Crippen molar-refractivity contribution in [1.82, 2.24) is 20.2 Å². The second-order valence-corrected chi connectivity index (χ2v) is 5.93. The molecule has 0 atom stereocenters. The first-order chi connectivity index (χ1) is 12.2. The number of hydrogen-bond acceptors (Lipinski definition) is 4. The molecular weight excluding hydrogens is 321 g/mol. The molecule has 1 amide bonds. The summed E-state index contributed by atoms with van der Waals surface area (Å²) in [5.74, 6) is -0.0304. The van der Waals surface area contributed by atoms with E-state index < -0.39 is 0 Å². The maximum Gasteiger partial charge on any atom is 0.250 e. The van der Waals surface area contributed by atoms with Crippen LogP contribution in [0.15, 0.2) is 48.5 Å². The zero-order valence-electron chi connectivity index (χ0n) is 13.5. The lowest BCUT2D eigenvalue weighted by molar-refractivity contribution is -0.119. The highest BCUT2D eigenvalue weighted by atomic mass is 19.1. The average molecular weight is 337 g/mol. The summed E-state index contributed by atoms with van der Waals surface area (Å²) < 4.78 is 13.0. The molecule has 0 unspecified atom stereocenters. The van der Waals surface area contributed by atoms with Gasteiger partial charge in [-0.15, -0.1) is 10.2 Å². The fourth-order valence-electron chi connectivity index (χ4n) is 3.02. The van der Waals surface area contributed by atoms with Gasteiger partial charge in [-0.25, -0.2) is 4.39 Å². The van der Waals surface area contributed by atoms with Crippen LogP contribution in [0, 0.1) is 5.82 Å². The van der Waals surface area contributed by atoms with E-state index >= 15 is 0 Å². The van der Waals surface area contributed by atoms with Gasteiger partial charge in [0.1, 0.15) is 12.4 Å². The summed E-state index contributed by atoms with van der Waals surface area (Å²) in [6.45, 7) is 0.706. The molecule has 126 valence electrons. The number of carbonyl (C=O) groups excluding carboxylic acids is 1. The third-order valence-electron chi connectivity index (χ3n) is 4.24. The Kier molecular flexibility index (Phi) is 3.97. The first-order valence-electron chi connectivity index (χ1n) is 8.13. The number of tetrazole rings is 1. The number of aromatic nitrogens is 4. The number of halogens is 1. The molecule has 4 rings (SSSR count). The zero-order valence-corrected chi connectivity index (χ0v) is 13.5. The number of nitrogens with zero attached hydrogens (tertiary/aromatic N) is 5. The number of hydrogen-bond donors (Lipinski definition) is 0. The van der Waals surface area contributed by atoms with Crippen molar-refractivity contribution in [3.8, 4) is 11.4 Å². The highest BCUT2D eigenvalue weighted by Crippen LogP contribution is 2.26. The van der Waals surface area contributed by atoms with E-state index in [-0.39, 0.29) is 18.3 Å². The quantitative estimate of drug-likeness (QED) is 0.736. The molecule has 0 radical (unpaired) electrons. The maximum absolute atomic E-state index is 13.0. The lowest BCUT2D eigenvalue weighted by atomic mass is 10.0. The Labute approximate surface area is 143 Å². The van der Waals surface area contributed by atoms with Crippen LogP contribution in [0.4, 0.5) is 10.1 Å². The molecule has 6 nitrogen and oxygen atoms in total. The van der Waals surface area contributed by atoms with Crippen molar-refractivity contribution in [2.45, 2.75) is 19.4 Å². The molecule has 0 N–H and O–H groups in total. The van der Waals surface area contributed by atoms with Crippen LogP contribution in [-0.2, 0) is 17.8 Å². The Morgan fingerprint density at radius 3 is 2.76 bits per heavy atom. The van der Waals surface area contributed by atoms with Crippen molar-refractivity contribution in [1.29, 1.82) is 0 Å². The topological polar surface area (TPSA) is 63.9 Å². The molecule has 1 aliphatic heterocycles. The lowest BCUT2D eigenvalue weighted by Gasteiger charge is -2.29. The monoisotopic (exact) mass is 337 g/mol. The van der Waals surface area contributed by atoms with Crippen molar-refractivity contribution in [3.05, 3.63) is 59.9 Å². The molecule has 2 aromatic carbocycles. The highest BCUT2D eigenvalue weighted by Gasteiger charge is 2.23. The van der Waals surface area contributed by atoms with Crippen LogP contribution >= 0.6 is 0 Å². The number of anilines is 1. The van der Waals surface area contributed by atoms with Crippen molar-refractivity contribution in [3.63, 3.8) is 0 Å². The Hall–Kier alpha value is -3.09. The van der Waals surface area contributed by atoms with Gasteiger partial charge in [-0.05, 0) is 54.0 Å². The third kappa shape index (κ3) is 3.13. The molecule has 0 aliphatic carbocycles. The largest absolute Gasteiger partial charge is 0.310 e. The number of carbonyl (C=O) groups is 1. The summed E-state index contributed by atoms with van der Waals surface area (Å²) in [6.07, 6.45) is 1.92. The molecule has 0 spiro atoms. The molecule has 0 saturated carbocycles. The number of fused-ring (bicyclic) bond motifs is 1. The number of benzene rings is 2. The molecule has 1 aliphatic rings. The molecule has 7 heteroatoms. The second-order valence-electron chi connectivity index (χ2n) is 5.93. The van der Waals surface area contributed by atoms with Gasteiger partial charge in [0.2, 0.25) is 5.82 Å². The number of amides is 1. The summed E-state index contributed by atoms with van der Waals surface area (Å²) in [5, 5.41) is 12.1. The van der Waals surface area contributed by atoms with E-state index in [1.54, 1.807) is 17.0 Å². The Bertz CT molecular complexity index is 906. The second kappa shape index (κ2) is 6.43. The van der Waals surface area contributed by atoms with E-state index in [0.29, 0.717) is 17.9 Å². The van der Waals surface area contributed by atoms with Gasteiger partial charge in [-0.1, -0.05) is 18.2 Å². The fourth-order valence-corrected chi connectivity index (χ4v) is 3.02. The third-order valence-corrected chi connectivity index (χ3v) is 4.24. The molecule has 1 aromatic heterocycles. The maximum atomic E-state index is 13.0. The van der Waals surface area contributed by atoms with Crippen LogP contribution in [-0.4, -0.2) is 32.7 Å². The van der Waals surface area contributed by atoms with Crippen LogP contribution in [0.25, 0.3) is 11.4 Å². The van der Waals surface area contributed by atoms with Gasteiger partial charge in [-0.3, -0.25) is 4.79 Å². The summed E-state index contributed by atoms with van der Waals surface area (Å²) in [7, 11) is 0. The van der Waals surface area contributed by atoms with Gasteiger partial charge >= 0.3 is 0 Å². The fraction of sp³-hybridized carbons (Fsp3) is 0.222. The molecule has 2 heterocycles. The normalized spacial score (nSPS) is 13.6. The van der Waals surface area contributed by atoms with Crippen molar-refractivity contribution in [2.75, 3.05) is 11.4 Å². The molecule has 3 aromatic rings. The van der Waals surface area contributed by atoms with Gasteiger partial charge < -0.3 is 4.90 Å². The Morgan fingerprint density at radius 1 is 1.12 bits per heavy atom. The summed E-state index contributed by atoms with van der Waals surface area (Å²) in [6, 6.07) is 13.8. The minimum absolute atomic E-state index is 0.0164. The van der Waals surface area contributed by atoms with Gasteiger partial charge in [0.05, 0.1) is 0 Å². The average Bonchev–Trinajstić information content (AvgIpc) is 3.10. The SMILES string of the molecule is O=C(Cn1nnc(-c2ccc(F)cc2)n1)N1CCCc2ccccc21. The standard InChI is InChI=1S/C18H16FN5O/c19-15-9-7-14(8-10-15)18-20-22-24(21-18)12-17(25)23-11-3-5-13-4-1-2-6-16(13)23/h1-2,4,6-10H,3,5,11-12H2. The van der Waals surface area contributed by atoms with Gasteiger partial charge in [0.15, 0.2) is 0 Å². The predicted molar refractivity (Wildman–Crippen MR) is 90.3 cm³/mol. The van der Waals surface area contributed by atoms with E-state index in [1.807, 2.05) is 18.2 Å². The summed E-state index contributed by atoms with van der Waals surface area (Å²) >= 11 is 0. The predicted octanol–water partition coefficient (Wildman–Crippen LogP) is 2.46. The van der Waals surface area contributed by atoms with Gasteiger partial charge in [-0.2, -0.15) is 4.80 Å². The molecular formula is C18H16FN5O. The van der Waals surface area contributed by atoms with E-state index in [2.05, 4.69) is 21.5 Å². The first kappa shape index (κ1) is 15.4. The number of rotatable bonds is 3. The van der Waals surface area contributed by atoms with E-state index in [9.17, 15) is 9.18 Å². The van der Waals surface area contributed by atoms with E-state index in [0.717, 1.165) is 18.5 Å². The van der Waals surface area contributed by atoms with Crippen molar-refractivity contribution >= 4 is 11.6 Å². The van der Waals surface area contributed by atoms with Gasteiger partial charge in [0.25, 0.3) is 5.91 Å². The molecule has 0 saturated heterocycles. The Morgan fingerprint density at radius 2 is 1.92 bits per heavy atom. The number of aryl methyl sites for hydroxylation is 1. The van der Waals surface area contributed by atoms with E-state index in [4.69, 9.17) is 0 Å². The molecule has 0 fully saturated rings. The highest BCUT2D eigenvalue weighted by molar-refractivity contribution is 5.94. The smallest absolute Gasteiger partial charge is 0.250 e. The summed E-state index contributed by atoms with van der Waals surface area (Å²) in [5.41, 5.74) is 2.79. The summed E-state index contributed by atoms with van der Waals surface area (Å²) in [4.78, 5) is 15.7. The molecule has 0 bridgehead atoms. The molecule has 25 heavy (non-hydrogen) atoms. The Balaban J connectivity index is 1.52. The zero-order chi connectivity index (χ0) is 17.2. The lowest BCUT2D eigenvalue weighted by Crippen LogP contribution is -2.38.